The fraction of sp³-hybridized carbons (Fsp3) is 0.250. The van der Waals surface area contributed by atoms with Crippen LogP contribution >= 0.6 is 11.6 Å². The Bertz CT molecular complexity index is 967. The molecule has 0 aliphatic carbocycles. The summed E-state index contributed by atoms with van der Waals surface area (Å²) in [6, 6.07) is 14.5. The van der Waals surface area contributed by atoms with Crippen molar-refractivity contribution < 1.29 is 32.6 Å². The predicted molar refractivity (Wildman–Crippen MR) is 124 cm³/mol. The maximum atomic E-state index is 13.3. The van der Waals surface area contributed by atoms with Gasteiger partial charge in [-0.15, -0.1) is 0 Å². The number of aryl methyl sites for hydroxylation is 1. The predicted octanol–water partition coefficient (Wildman–Crippen LogP) is 6.02. The lowest BCUT2D eigenvalue weighted by Gasteiger charge is -2.14. The van der Waals surface area contributed by atoms with Crippen LogP contribution in [0.2, 0.25) is 5.02 Å². The first-order valence-corrected chi connectivity index (χ1v) is 10.2. The summed E-state index contributed by atoms with van der Waals surface area (Å²) < 4.78 is 51.2. The average Bonchev–Trinajstić information content (AvgIpc) is 2.74. The fourth-order valence-corrected chi connectivity index (χ4v) is 2.34. The second-order valence-electron chi connectivity index (χ2n) is 7.00. The first-order valence-electron chi connectivity index (χ1n) is 9.84. The van der Waals surface area contributed by atoms with Gasteiger partial charge in [0.1, 0.15) is 5.82 Å². The maximum absolute atomic E-state index is 13.3. The fourth-order valence-electron chi connectivity index (χ4n) is 2.23. The Morgan fingerprint density at radius 1 is 1.06 bits per heavy atom. The van der Waals surface area contributed by atoms with E-state index in [0.717, 1.165) is 12.1 Å². The van der Waals surface area contributed by atoms with Crippen molar-refractivity contribution in [2.45, 2.75) is 39.1 Å². The number of aliphatic hydroxyl groups is 1. The van der Waals surface area contributed by atoms with Crippen LogP contribution < -0.4 is 5.73 Å². The van der Waals surface area contributed by atoms with Gasteiger partial charge < -0.3 is 15.9 Å². The molecule has 1 atom stereocenters. The molecule has 1 heterocycles. The van der Waals surface area contributed by atoms with E-state index in [1.165, 1.54) is 23.9 Å². The third-order valence-electron chi connectivity index (χ3n) is 3.62. The monoisotopic (exact) mass is 502 g/mol. The summed E-state index contributed by atoms with van der Waals surface area (Å²) in [5.74, 6) is -1.00. The zero-order valence-corrected chi connectivity index (χ0v) is 19.6. The van der Waals surface area contributed by atoms with E-state index < -0.39 is 23.6 Å². The van der Waals surface area contributed by atoms with Crippen molar-refractivity contribution in [2.24, 2.45) is 5.73 Å². The smallest absolute Gasteiger partial charge is 0.416 e. The van der Waals surface area contributed by atoms with Gasteiger partial charge in [0.25, 0.3) is 6.47 Å². The van der Waals surface area contributed by atoms with Gasteiger partial charge in [0.2, 0.25) is 0 Å². The number of benzene rings is 2. The molecule has 2 aromatic carbocycles. The van der Waals surface area contributed by atoms with Gasteiger partial charge in [-0.2, -0.15) is 13.2 Å². The standard InChI is InChI=1S/C13H9ClF4N2.C7H8.C3H8O.CH2O2/c14-9-1-2-11(20-6-9)12(19)7-3-8(13(16,17)18)5-10(15)4-7;1-7-5-3-2-4-6-7;1-3(2)4;2-1-3/h1-6,12H,19H2;2-6H,1H3;3-4H,1-2H3;1H,(H,2,3)/t12-;;;/m0.../s1. The quantitative estimate of drug-likeness (QED) is 0.294. The molecule has 34 heavy (non-hydrogen) atoms. The molecule has 0 saturated carbocycles. The molecule has 5 nitrogen and oxygen atoms in total. The van der Waals surface area contributed by atoms with Gasteiger partial charge in [-0.3, -0.25) is 9.78 Å². The van der Waals surface area contributed by atoms with Crippen LogP contribution in [0.5, 0.6) is 0 Å². The second kappa shape index (κ2) is 15.8. The maximum Gasteiger partial charge on any atom is 0.416 e. The summed E-state index contributed by atoms with van der Waals surface area (Å²) in [4.78, 5) is 12.3. The van der Waals surface area contributed by atoms with E-state index in [2.05, 4.69) is 24.0 Å². The number of halogens is 5. The lowest BCUT2D eigenvalue weighted by molar-refractivity contribution is -0.137. The number of carboxylic acid groups (broad SMARTS) is 1. The van der Waals surface area contributed by atoms with Crippen molar-refractivity contribution in [1.82, 2.24) is 4.98 Å². The zero-order valence-electron chi connectivity index (χ0n) is 18.8. The van der Waals surface area contributed by atoms with Gasteiger partial charge >= 0.3 is 6.18 Å². The van der Waals surface area contributed by atoms with Gasteiger partial charge in [-0.25, -0.2) is 4.39 Å². The van der Waals surface area contributed by atoms with Crippen LogP contribution in [0, 0.1) is 12.7 Å². The van der Waals surface area contributed by atoms with Crippen LogP contribution in [0.15, 0.2) is 66.9 Å². The summed E-state index contributed by atoms with van der Waals surface area (Å²) in [7, 11) is 0. The van der Waals surface area contributed by atoms with Crippen LogP contribution in [0.4, 0.5) is 17.6 Å². The van der Waals surface area contributed by atoms with Crippen molar-refractivity contribution in [1.29, 1.82) is 0 Å². The van der Waals surface area contributed by atoms with Crippen LogP contribution in [0.1, 0.15) is 42.3 Å². The van der Waals surface area contributed by atoms with E-state index >= 15 is 0 Å². The van der Waals surface area contributed by atoms with Crippen LogP contribution in [-0.4, -0.2) is 27.8 Å². The highest BCUT2D eigenvalue weighted by molar-refractivity contribution is 6.30. The van der Waals surface area contributed by atoms with E-state index in [1.54, 1.807) is 13.8 Å². The molecule has 0 saturated heterocycles. The zero-order chi connectivity index (χ0) is 26.3. The molecule has 0 radical (unpaired) electrons. The second-order valence-corrected chi connectivity index (χ2v) is 7.44. The Balaban J connectivity index is 0.000000635. The summed E-state index contributed by atoms with van der Waals surface area (Å²) >= 11 is 5.66. The Morgan fingerprint density at radius 2 is 1.59 bits per heavy atom. The number of nitrogens with two attached hydrogens (primary N) is 1. The van der Waals surface area contributed by atoms with Crippen LogP contribution in [0.3, 0.4) is 0 Å². The Labute approximate surface area is 200 Å². The molecule has 1 aromatic heterocycles. The van der Waals surface area contributed by atoms with E-state index in [4.69, 9.17) is 32.3 Å². The molecular formula is C24H27ClF4N2O3. The summed E-state index contributed by atoms with van der Waals surface area (Å²) in [5, 5.41) is 15.3. The minimum Gasteiger partial charge on any atom is -0.483 e. The van der Waals surface area contributed by atoms with E-state index in [-0.39, 0.29) is 18.1 Å². The highest BCUT2D eigenvalue weighted by Gasteiger charge is 2.32. The first kappa shape index (κ1) is 31.0. The SMILES string of the molecule is CC(C)O.Cc1ccccc1.N[C@@H](c1cc(F)cc(C(F)(F)F)c1)c1ccc(Cl)cn1.O=CO. The third-order valence-corrected chi connectivity index (χ3v) is 3.84. The number of pyridine rings is 1. The van der Waals surface area contributed by atoms with Crippen LogP contribution in [0.25, 0.3) is 0 Å². The molecule has 0 bridgehead atoms. The number of carbonyl (C=O) groups is 1. The molecule has 4 N–H and O–H groups in total. The van der Waals surface area contributed by atoms with Crippen molar-refractivity contribution in [3.63, 3.8) is 0 Å². The summed E-state index contributed by atoms with van der Waals surface area (Å²) in [5.41, 5.74) is 6.34. The summed E-state index contributed by atoms with van der Waals surface area (Å²) in [6.07, 6.45) is -3.48. The normalized spacial score (nSPS) is 11.0. The van der Waals surface area contributed by atoms with E-state index in [9.17, 15) is 17.6 Å². The Morgan fingerprint density at radius 3 is 1.97 bits per heavy atom. The average molecular weight is 503 g/mol. The molecule has 0 amide bonds. The number of nitrogens with zero attached hydrogens (tertiary/aromatic N) is 1. The summed E-state index contributed by atoms with van der Waals surface area (Å²) in [6.45, 7) is 5.28. The largest absolute Gasteiger partial charge is 0.483 e. The molecule has 186 valence electrons. The highest BCUT2D eigenvalue weighted by Crippen LogP contribution is 2.32. The van der Waals surface area contributed by atoms with Gasteiger partial charge in [0, 0.05) is 12.3 Å². The number of aromatic nitrogens is 1. The minimum absolute atomic E-state index is 0.00727. The first-order chi connectivity index (χ1) is 15.8. The lowest BCUT2D eigenvalue weighted by atomic mass is 10.0. The highest BCUT2D eigenvalue weighted by atomic mass is 35.5. The molecule has 0 unspecified atom stereocenters. The molecule has 0 spiro atoms. The van der Waals surface area contributed by atoms with E-state index in [0.29, 0.717) is 16.8 Å². The Hall–Kier alpha value is -3.01. The molecule has 0 aliphatic heterocycles. The van der Waals surface area contributed by atoms with Crippen molar-refractivity contribution >= 4 is 18.1 Å². The number of hydrogen-bond acceptors (Lipinski definition) is 4. The van der Waals surface area contributed by atoms with Crippen molar-refractivity contribution in [2.75, 3.05) is 0 Å². The molecule has 0 aliphatic rings. The topological polar surface area (TPSA) is 96.4 Å². The minimum atomic E-state index is -4.63. The number of hydrogen-bond donors (Lipinski definition) is 3. The van der Waals surface area contributed by atoms with Gasteiger partial charge in [-0.1, -0.05) is 47.5 Å². The molecular weight excluding hydrogens is 476 g/mol. The lowest BCUT2D eigenvalue weighted by Crippen LogP contribution is -2.15. The molecule has 0 fully saturated rings. The Kier molecular flexibility index (Phi) is 14.4. The number of alkyl halides is 3. The molecule has 3 aromatic rings. The van der Waals surface area contributed by atoms with Crippen molar-refractivity contribution in [3.8, 4) is 0 Å². The molecule has 3 rings (SSSR count). The van der Waals surface area contributed by atoms with Gasteiger partial charge in [0.15, 0.2) is 0 Å². The number of rotatable bonds is 2. The van der Waals surface area contributed by atoms with Gasteiger partial charge in [0.05, 0.1) is 22.3 Å². The number of aliphatic hydroxyl groups excluding tert-OH is 1. The van der Waals surface area contributed by atoms with E-state index in [1.807, 2.05) is 18.2 Å². The molecule has 10 heteroatoms. The van der Waals surface area contributed by atoms with Crippen molar-refractivity contribution in [3.05, 3.63) is 100 Å². The van der Waals surface area contributed by atoms with Gasteiger partial charge in [-0.05, 0) is 56.7 Å². The van der Waals surface area contributed by atoms with Crippen LogP contribution in [-0.2, 0) is 11.0 Å². The third kappa shape index (κ3) is 13.5.